The number of aromatic hydroxyl groups is 1. The maximum Gasteiger partial charge on any atom is 0.191 e. The molecule has 2 aliphatic rings. The van der Waals surface area contributed by atoms with Gasteiger partial charge in [-0.15, -0.1) is 0 Å². The van der Waals surface area contributed by atoms with Gasteiger partial charge >= 0.3 is 0 Å². The molecule has 1 N–H and O–H groups in total. The van der Waals surface area contributed by atoms with E-state index in [1.807, 2.05) is 0 Å². The molecule has 0 amide bonds. The molecule has 0 aromatic heterocycles. The van der Waals surface area contributed by atoms with E-state index in [2.05, 4.69) is 11.8 Å². The molecule has 1 aliphatic carbocycles. The molecule has 2 fully saturated rings. The van der Waals surface area contributed by atoms with Gasteiger partial charge in [-0.1, -0.05) is 13.0 Å². The summed E-state index contributed by atoms with van der Waals surface area (Å²) in [5.74, 6) is -1.18. The SMILES string of the molecule is C[C@]12C[C@H](Oc3c(F)cccc3F)C[C@H]1CN(CC(=O)c1ccc(O)cc1)C2. The highest BCUT2D eigenvalue weighted by Gasteiger charge is 2.50. The van der Waals surface area contributed by atoms with Crippen molar-refractivity contribution in [3.05, 3.63) is 59.7 Å². The second-order valence-corrected chi connectivity index (χ2v) is 8.22. The minimum atomic E-state index is -0.677. The van der Waals surface area contributed by atoms with Crippen molar-refractivity contribution in [2.24, 2.45) is 11.3 Å². The Labute approximate surface area is 162 Å². The summed E-state index contributed by atoms with van der Waals surface area (Å²) in [5, 5.41) is 9.35. The first-order valence-corrected chi connectivity index (χ1v) is 9.49. The predicted molar refractivity (Wildman–Crippen MR) is 100 cm³/mol. The maximum atomic E-state index is 13.9. The van der Waals surface area contributed by atoms with Crippen LogP contribution in [0.1, 0.15) is 30.1 Å². The molecule has 2 aromatic rings. The van der Waals surface area contributed by atoms with Crippen LogP contribution in [-0.4, -0.2) is 41.5 Å². The average Bonchev–Trinajstić information content (AvgIpc) is 3.09. The standard InChI is InChI=1S/C22H23F2NO3/c1-22-10-17(28-21-18(23)3-2-4-19(21)24)9-15(22)11-25(13-22)12-20(27)14-5-7-16(26)8-6-14/h2-8,15,17,26H,9-13H2,1H3/t15-,17+,22+/m0/s1. The highest BCUT2D eigenvalue weighted by molar-refractivity contribution is 5.97. The van der Waals surface area contributed by atoms with Crippen molar-refractivity contribution in [2.45, 2.75) is 25.9 Å². The molecule has 4 rings (SSSR count). The number of Topliss-reactive ketones (excluding diaryl/α,β-unsaturated/α-hetero) is 1. The van der Waals surface area contributed by atoms with Gasteiger partial charge in [0.05, 0.1) is 12.6 Å². The summed E-state index contributed by atoms with van der Waals surface area (Å²) >= 11 is 0. The largest absolute Gasteiger partial charge is 0.508 e. The number of fused-ring (bicyclic) bond motifs is 1. The molecule has 1 saturated carbocycles. The van der Waals surface area contributed by atoms with Crippen molar-refractivity contribution in [1.82, 2.24) is 4.90 Å². The number of ether oxygens (including phenoxy) is 1. The third-order valence-corrected chi connectivity index (χ3v) is 6.05. The molecular formula is C22H23F2NO3. The van der Waals surface area contributed by atoms with Crippen LogP contribution in [-0.2, 0) is 0 Å². The summed E-state index contributed by atoms with van der Waals surface area (Å²) in [6.07, 6.45) is 1.19. The van der Waals surface area contributed by atoms with Crippen LogP contribution >= 0.6 is 0 Å². The number of rotatable bonds is 5. The zero-order valence-electron chi connectivity index (χ0n) is 15.7. The Kier molecular flexibility index (Phi) is 4.83. The molecule has 0 unspecified atom stereocenters. The zero-order chi connectivity index (χ0) is 19.9. The summed E-state index contributed by atoms with van der Waals surface area (Å²) in [5.41, 5.74) is 0.540. The number of likely N-dealkylation sites (tertiary alicyclic amines) is 1. The van der Waals surface area contributed by atoms with Gasteiger partial charge in [-0.2, -0.15) is 0 Å². The number of hydrogen-bond donors (Lipinski definition) is 1. The van der Waals surface area contributed by atoms with Crippen LogP contribution in [0, 0.1) is 23.0 Å². The van der Waals surface area contributed by atoms with E-state index in [-0.39, 0.29) is 28.8 Å². The van der Waals surface area contributed by atoms with Crippen LogP contribution < -0.4 is 4.74 Å². The summed E-state index contributed by atoms with van der Waals surface area (Å²) in [4.78, 5) is 14.6. The number of hydrogen-bond acceptors (Lipinski definition) is 4. The molecule has 0 bridgehead atoms. The van der Waals surface area contributed by atoms with Crippen LogP contribution in [0.3, 0.4) is 0 Å². The van der Waals surface area contributed by atoms with E-state index in [1.54, 1.807) is 12.1 Å². The van der Waals surface area contributed by atoms with Gasteiger partial charge in [0.2, 0.25) is 0 Å². The second-order valence-electron chi connectivity index (χ2n) is 8.22. The number of para-hydroxylation sites is 1. The first-order chi connectivity index (χ1) is 13.3. The lowest BCUT2D eigenvalue weighted by Gasteiger charge is -2.24. The van der Waals surface area contributed by atoms with Gasteiger partial charge in [0, 0.05) is 18.7 Å². The van der Waals surface area contributed by atoms with Gasteiger partial charge in [0.15, 0.2) is 23.2 Å². The monoisotopic (exact) mass is 387 g/mol. The lowest BCUT2D eigenvalue weighted by atomic mass is 9.83. The molecule has 1 saturated heterocycles. The number of carbonyl (C=O) groups is 1. The van der Waals surface area contributed by atoms with Gasteiger partial charge in [-0.05, 0) is 60.6 Å². The first kappa shape index (κ1) is 18.9. The fourth-order valence-corrected chi connectivity index (χ4v) is 4.66. The Morgan fingerprint density at radius 1 is 1.21 bits per heavy atom. The summed E-state index contributed by atoms with van der Waals surface area (Å²) in [6, 6.07) is 10.0. The van der Waals surface area contributed by atoms with E-state index in [0.717, 1.165) is 13.1 Å². The topological polar surface area (TPSA) is 49.8 Å². The third kappa shape index (κ3) is 3.61. The fraction of sp³-hybridized carbons (Fsp3) is 0.409. The number of benzene rings is 2. The molecule has 1 aliphatic heterocycles. The van der Waals surface area contributed by atoms with Crippen molar-refractivity contribution < 1.29 is 23.4 Å². The molecule has 4 nitrogen and oxygen atoms in total. The molecule has 0 radical (unpaired) electrons. The highest BCUT2D eigenvalue weighted by atomic mass is 19.1. The molecular weight excluding hydrogens is 364 g/mol. The smallest absolute Gasteiger partial charge is 0.191 e. The van der Waals surface area contributed by atoms with Crippen LogP contribution in [0.2, 0.25) is 0 Å². The predicted octanol–water partition coefficient (Wildman–Crippen LogP) is 4.03. The quantitative estimate of drug-likeness (QED) is 0.787. The lowest BCUT2D eigenvalue weighted by Crippen LogP contribution is -2.31. The number of halogens is 2. The van der Waals surface area contributed by atoms with Gasteiger partial charge in [0.25, 0.3) is 0 Å². The van der Waals surface area contributed by atoms with Crippen molar-refractivity contribution in [3.63, 3.8) is 0 Å². The average molecular weight is 387 g/mol. The fourth-order valence-electron chi connectivity index (χ4n) is 4.66. The van der Waals surface area contributed by atoms with E-state index in [1.165, 1.54) is 30.3 Å². The number of phenolic OH excluding ortho intramolecular Hbond substituents is 1. The van der Waals surface area contributed by atoms with Gasteiger partial charge in [-0.25, -0.2) is 8.78 Å². The van der Waals surface area contributed by atoms with E-state index < -0.39 is 11.6 Å². The summed E-state index contributed by atoms with van der Waals surface area (Å²) in [6.45, 7) is 4.00. The minimum Gasteiger partial charge on any atom is -0.508 e. The van der Waals surface area contributed by atoms with Gasteiger partial charge in [-0.3, -0.25) is 9.69 Å². The third-order valence-electron chi connectivity index (χ3n) is 6.05. The Morgan fingerprint density at radius 2 is 1.89 bits per heavy atom. The van der Waals surface area contributed by atoms with Crippen LogP contribution in [0.4, 0.5) is 8.78 Å². The molecule has 6 heteroatoms. The van der Waals surface area contributed by atoms with Crippen molar-refractivity contribution in [3.8, 4) is 11.5 Å². The lowest BCUT2D eigenvalue weighted by molar-refractivity contribution is 0.0929. The normalized spacial score (nSPS) is 27.0. The molecule has 3 atom stereocenters. The van der Waals surface area contributed by atoms with Crippen molar-refractivity contribution in [2.75, 3.05) is 19.6 Å². The van der Waals surface area contributed by atoms with Crippen LogP contribution in [0.5, 0.6) is 11.5 Å². The highest BCUT2D eigenvalue weighted by Crippen LogP contribution is 2.49. The Morgan fingerprint density at radius 3 is 2.54 bits per heavy atom. The Bertz CT molecular complexity index is 866. The number of carbonyl (C=O) groups excluding carboxylic acids is 1. The molecule has 28 heavy (non-hydrogen) atoms. The van der Waals surface area contributed by atoms with E-state index in [4.69, 9.17) is 4.74 Å². The maximum absolute atomic E-state index is 13.9. The molecule has 0 spiro atoms. The number of ketones is 1. The van der Waals surface area contributed by atoms with Crippen LogP contribution in [0.15, 0.2) is 42.5 Å². The van der Waals surface area contributed by atoms with Gasteiger partial charge < -0.3 is 9.84 Å². The summed E-state index contributed by atoms with van der Waals surface area (Å²) in [7, 11) is 0. The van der Waals surface area contributed by atoms with Crippen molar-refractivity contribution in [1.29, 1.82) is 0 Å². The minimum absolute atomic E-state index is 0.0183. The van der Waals surface area contributed by atoms with Crippen LogP contribution in [0.25, 0.3) is 0 Å². The molecule has 1 heterocycles. The summed E-state index contributed by atoms with van der Waals surface area (Å²) < 4.78 is 33.4. The Balaban J connectivity index is 1.37. The number of phenols is 1. The van der Waals surface area contributed by atoms with E-state index >= 15 is 0 Å². The zero-order valence-corrected chi connectivity index (χ0v) is 15.7. The van der Waals surface area contributed by atoms with Gasteiger partial charge in [0.1, 0.15) is 5.75 Å². The molecule has 2 aromatic carbocycles. The first-order valence-electron chi connectivity index (χ1n) is 9.49. The van der Waals surface area contributed by atoms with Crippen molar-refractivity contribution >= 4 is 5.78 Å². The second kappa shape index (κ2) is 7.17. The molecule has 148 valence electrons. The number of nitrogens with zero attached hydrogens (tertiary/aromatic N) is 1. The van der Waals surface area contributed by atoms with E-state index in [0.29, 0.717) is 30.9 Å². The Hall–Kier alpha value is -2.47. The van der Waals surface area contributed by atoms with E-state index in [9.17, 15) is 18.7 Å².